The standard InChI is InChI=1S/C14H17N3O3S/c1-10-3-2-4-14(15-10)16-21(19,20)13-7-12(9-18)17(8-13)11-5-6-11/h2-4,7-8,11,18H,5-6,9H2,1H3,(H,15,16). The van der Waals surface area contributed by atoms with E-state index in [2.05, 4.69) is 9.71 Å². The minimum absolute atomic E-state index is 0.154. The maximum atomic E-state index is 12.4. The number of nitrogens with one attached hydrogen (secondary N) is 1. The first-order valence-electron chi connectivity index (χ1n) is 6.78. The van der Waals surface area contributed by atoms with Crippen molar-refractivity contribution in [1.29, 1.82) is 0 Å². The van der Waals surface area contributed by atoms with Crippen LogP contribution < -0.4 is 4.72 Å². The van der Waals surface area contributed by atoms with E-state index in [4.69, 9.17) is 0 Å². The van der Waals surface area contributed by atoms with Crippen LogP contribution in [-0.2, 0) is 16.6 Å². The van der Waals surface area contributed by atoms with Gasteiger partial charge >= 0.3 is 0 Å². The number of hydrogen-bond acceptors (Lipinski definition) is 4. The molecule has 0 unspecified atom stereocenters. The SMILES string of the molecule is Cc1cccc(NS(=O)(=O)c2cc(CO)n(C3CC3)c2)n1. The Morgan fingerprint density at radius 3 is 2.81 bits per heavy atom. The Morgan fingerprint density at radius 2 is 2.19 bits per heavy atom. The quantitative estimate of drug-likeness (QED) is 0.882. The Labute approximate surface area is 123 Å². The Bertz CT molecular complexity index is 764. The van der Waals surface area contributed by atoms with Gasteiger partial charge in [0.2, 0.25) is 0 Å². The van der Waals surface area contributed by atoms with Crippen molar-refractivity contribution in [3.05, 3.63) is 41.9 Å². The summed E-state index contributed by atoms with van der Waals surface area (Å²) in [5.41, 5.74) is 1.36. The van der Waals surface area contributed by atoms with Gasteiger partial charge in [-0.2, -0.15) is 0 Å². The van der Waals surface area contributed by atoms with Gasteiger partial charge in [0, 0.05) is 23.6 Å². The van der Waals surface area contributed by atoms with Crippen LogP contribution in [-0.4, -0.2) is 23.1 Å². The summed E-state index contributed by atoms with van der Waals surface area (Å²) in [6.07, 6.45) is 3.63. The number of aliphatic hydroxyl groups excluding tert-OH is 1. The molecule has 2 aromatic rings. The third-order valence-corrected chi connectivity index (χ3v) is 4.77. The van der Waals surface area contributed by atoms with Crippen LogP contribution in [0.25, 0.3) is 0 Å². The molecule has 6 nitrogen and oxygen atoms in total. The summed E-state index contributed by atoms with van der Waals surface area (Å²) in [6.45, 7) is 1.62. The van der Waals surface area contributed by atoms with E-state index in [-0.39, 0.29) is 11.5 Å². The van der Waals surface area contributed by atoms with E-state index in [0.717, 1.165) is 18.5 Å². The van der Waals surface area contributed by atoms with E-state index < -0.39 is 10.0 Å². The lowest BCUT2D eigenvalue weighted by molar-refractivity contribution is 0.270. The Kier molecular flexibility index (Phi) is 3.46. The van der Waals surface area contributed by atoms with Gasteiger partial charge in [-0.3, -0.25) is 4.72 Å². The van der Waals surface area contributed by atoms with Gasteiger partial charge in [0.25, 0.3) is 10.0 Å². The topological polar surface area (TPSA) is 84.2 Å². The van der Waals surface area contributed by atoms with Gasteiger partial charge in [0.05, 0.1) is 6.61 Å². The lowest BCUT2D eigenvalue weighted by atomic mass is 10.4. The first-order chi connectivity index (χ1) is 9.99. The second-order valence-corrected chi connectivity index (χ2v) is 6.92. The summed E-state index contributed by atoms with van der Waals surface area (Å²) in [5, 5.41) is 9.35. The Morgan fingerprint density at radius 1 is 1.43 bits per heavy atom. The monoisotopic (exact) mass is 307 g/mol. The number of anilines is 1. The van der Waals surface area contributed by atoms with Crippen molar-refractivity contribution < 1.29 is 13.5 Å². The highest BCUT2D eigenvalue weighted by atomic mass is 32.2. The molecule has 0 spiro atoms. The largest absolute Gasteiger partial charge is 0.390 e. The van der Waals surface area contributed by atoms with Gasteiger partial charge in [-0.15, -0.1) is 0 Å². The number of hydrogen-bond donors (Lipinski definition) is 2. The maximum absolute atomic E-state index is 12.4. The molecule has 2 N–H and O–H groups in total. The lowest BCUT2D eigenvalue weighted by Crippen LogP contribution is -2.13. The summed E-state index contributed by atoms with van der Waals surface area (Å²) >= 11 is 0. The molecule has 0 amide bonds. The van der Waals surface area contributed by atoms with Gasteiger partial charge in [-0.05, 0) is 38.0 Å². The van der Waals surface area contributed by atoms with Crippen molar-refractivity contribution in [1.82, 2.24) is 9.55 Å². The van der Waals surface area contributed by atoms with E-state index in [1.165, 1.54) is 6.07 Å². The molecule has 0 aliphatic heterocycles. The van der Waals surface area contributed by atoms with Gasteiger partial charge in [-0.1, -0.05) is 6.07 Å². The number of nitrogens with zero attached hydrogens (tertiary/aromatic N) is 2. The summed E-state index contributed by atoms with van der Waals surface area (Å²) in [4.78, 5) is 4.29. The Hall–Kier alpha value is -1.86. The van der Waals surface area contributed by atoms with E-state index in [9.17, 15) is 13.5 Å². The zero-order chi connectivity index (χ0) is 15.0. The average molecular weight is 307 g/mol. The highest BCUT2D eigenvalue weighted by molar-refractivity contribution is 7.92. The maximum Gasteiger partial charge on any atom is 0.264 e. The normalized spacial score (nSPS) is 15.1. The second kappa shape index (κ2) is 5.16. The molecule has 0 aromatic carbocycles. The van der Waals surface area contributed by atoms with Crippen molar-refractivity contribution in [3.63, 3.8) is 0 Å². The number of aryl methyl sites for hydroxylation is 1. The van der Waals surface area contributed by atoms with Crippen molar-refractivity contribution in [2.24, 2.45) is 0 Å². The molecule has 0 saturated heterocycles. The van der Waals surface area contributed by atoms with Crippen molar-refractivity contribution in [2.45, 2.75) is 37.3 Å². The molecule has 3 rings (SSSR count). The zero-order valence-corrected chi connectivity index (χ0v) is 12.5. The molecule has 7 heteroatoms. The van der Waals surface area contributed by atoms with Gasteiger partial charge in [0.15, 0.2) is 0 Å². The molecule has 112 valence electrons. The molecule has 0 atom stereocenters. The van der Waals surface area contributed by atoms with Crippen LogP contribution in [0.4, 0.5) is 5.82 Å². The van der Waals surface area contributed by atoms with Crippen LogP contribution in [0.5, 0.6) is 0 Å². The van der Waals surface area contributed by atoms with E-state index in [1.54, 1.807) is 31.3 Å². The Balaban J connectivity index is 1.91. The fourth-order valence-corrected chi connectivity index (χ4v) is 3.31. The number of aromatic nitrogens is 2. The predicted molar refractivity (Wildman–Crippen MR) is 78.4 cm³/mol. The van der Waals surface area contributed by atoms with Crippen molar-refractivity contribution in [3.8, 4) is 0 Å². The summed E-state index contributed by atoms with van der Waals surface area (Å²) in [6, 6.07) is 6.97. The van der Waals surface area contributed by atoms with Gasteiger partial charge in [0.1, 0.15) is 10.7 Å². The van der Waals surface area contributed by atoms with Crippen LogP contribution >= 0.6 is 0 Å². The lowest BCUT2D eigenvalue weighted by Gasteiger charge is -2.06. The van der Waals surface area contributed by atoms with Crippen LogP contribution in [0.3, 0.4) is 0 Å². The molecule has 1 aliphatic rings. The number of aliphatic hydroxyl groups is 1. The number of rotatable bonds is 5. The fraction of sp³-hybridized carbons (Fsp3) is 0.357. The van der Waals surface area contributed by atoms with Gasteiger partial charge < -0.3 is 9.67 Å². The molecule has 0 radical (unpaired) electrons. The van der Waals surface area contributed by atoms with Crippen LogP contribution in [0, 0.1) is 6.92 Å². The second-order valence-electron chi connectivity index (χ2n) is 5.23. The predicted octanol–water partition coefficient (Wildman–Crippen LogP) is 1.82. The van der Waals surface area contributed by atoms with Crippen LogP contribution in [0.1, 0.15) is 30.3 Å². The van der Waals surface area contributed by atoms with E-state index >= 15 is 0 Å². The van der Waals surface area contributed by atoms with E-state index in [0.29, 0.717) is 17.6 Å². The summed E-state index contributed by atoms with van der Waals surface area (Å²) in [7, 11) is -3.69. The molecule has 1 saturated carbocycles. The molecule has 1 fully saturated rings. The van der Waals surface area contributed by atoms with Crippen molar-refractivity contribution in [2.75, 3.05) is 4.72 Å². The first kappa shape index (κ1) is 14.1. The molecular formula is C14H17N3O3S. The van der Waals surface area contributed by atoms with Crippen LogP contribution in [0.15, 0.2) is 35.4 Å². The van der Waals surface area contributed by atoms with Gasteiger partial charge in [-0.25, -0.2) is 13.4 Å². The minimum Gasteiger partial charge on any atom is -0.390 e. The molecule has 1 aliphatic carbocycles. The molecule has 21 heavy (non-hydrogen) atoms. The smallest absolute Gasteiger partial charge is 0.264 e. The van der Waals surface area contributed by atoms with Crippen LogP contribution in [0.2, 0.25) is 0 Å². The third kappa shape index (κ3) is 2.93. The molecule has 2 heterocycles. The molecular weight excluding hydrogens is 290 g/mol. The average Bonchev–Trinajstić information content (AvgIpc) is 3.16. The summed E-state index contributed by atoms with van der Waals surface area (Å²) < 4.78 is 29.1. The highest BCUT2D eigenvalue weighted by Crippen LogP contribution is 2.37. The number of pyridine rings is 1. The highest BCUT2D eigenvalue weighted by Gasteiger charge is 2.28. The number of sulfonamides is 1. The zero-order valence-electron chi connectivity index (χ0n) is 11.7. The minimum atomic E-state index is -3.69. The van der Waals surface area contributed by atoms with Crippen molar-refractivity contribution >= 4 is 15.8 Å². The van der Waals surface area contributed by atoms with E-state index in [1.807, 2.05) is 4.57 Å². The first-order valence-corrected chi connectivity index (χ1v) is 8.26. The third-order valence-electron chi connectivity index (χ3n) is 3.45. The fourth-order valence-electron chi connectivity index (χ4n) is 2.26. The molecule has 2 aromatic heterocycles. The summed E-state index contributed by atoms with van der Waals surface area (Å²) in [5.74, 6) is 0.291. The molecule has 0 bridgehead atoms.